The van der Waals surface area contributed by atoms with Gasteiger partial charge in [-0.3, -0.25) is 4.79 Å². The Morgan fingerprint density at radius 2 is 1.86 bits per heavy atom. The summed E-state index contributed by atoms with van der Waals surface area (Å²) in [5, 5.41) is 2.79. The summed E-state index contributed by atoms with van der Waals surface area (Å²) in [6.45, 7) is 0.492. The normalized spacial score (nSPS) is 11.4. The van der Waals surface area contributed by atoms with E-state index in [4.69, 9.17) is 11.6 Å². The minimum Gasteiger partial charge on any atom is -0.352 e. The van der Waals surface area contributed by atoms with Crippen molar-refractivity contribution in [3.63, 3.8) is 0 Å². The van der Waals surface area contributed by atoms with Crippen molar-refractivity contribution in [2.24, 2.45) is 0 Å². The zero-order chi connectivity index (χ0) is 16.2. The first-order chi connectivity index (χ1) is 10.4. The molecule has 5 nitrogen and oxygen atoms in total. The van der Waals surface area contributed by atoms with Crippen molar-refractivity contribution in [1.29, 1.82) is 0 Å². The Morgan fingerprint density at radius 1 is 1.18 bits per heavy atom. The number of amides is 1. The first-order valence-electron chi connectivity index (χ1n) is 6.48. The van der Waals surface area contributed by atoms with Crippen LogP contribution in [-0.2, 0) is 16.4 Å². The molecule has 118 valence electrons. The Morgan fingerprint density at radius 3 is 2.41 bits per heavy atom. The van der Waals surface area contributed by atoms with Gasteiger partial charge in [0, 0.05) is 17.0 Å². The van der Waals surface area contributed by atoms with Gasteiger partial charge in [-0.25, -0.2) is 13.1 Å². The van der Waals surface area contributed by atoms with Crippen LogP contribution in [0, 0.1) is 0 Å². The molecule has 1 amide bonds. The Labute approximate surface area is 138 Å². The van der Waals surface area contributed by atoms with Crippen molar-refractivity contribution in [2.75, 3.05) is 13.6 Å². The van der Waals surface area contributed by atoms with Crippen LogP contribution in [0.25, 0.3) is 0 Å². The van der Waals surface area contributed by atoms with Gasteiger partial charge >= 0.3 is 0 Å². The summed E-state index contributed by atoms with van der Waals surface area (Å²) in [6, 6.07) is 9.53. The highest BCUT2D eigenvalue weighted by molar-refractivity contribution is 7.89. The molecule has 0 fully saturated rings. The molecule has 1 heterocycles. The Kier molecular flexibility index (Phi) is 5.57. The topological polar surface area (TPSA) is 75.3 Å². The maximum Gasteiger partial charge on any atom is 0.251 e. The van der Waals surface area contributed by atoms with E-state index < -0.39 is 10.0 Å². The third-order valence-corrected chi connectivity index (χ3v) is 5.70. The molecular formula is C14H15ClN2O3S2. The average molecular weight is 359 g/mol. The first-order valence-corrected chi connectivity index (χ1v) is 9.16. The van der Waals surface area contributed by atoms with E-state index in [-0.39, 0.29) is 10.8 Å². The van der Waals surface area contributed by atoms with Gasteiger partial charge in [0.1, 0.15) is 0 Å². The summed E-state index contributed by atoms with van der Waals surface area (Å²) < 4.78 is 26.1. The van der Waals surface area contributed by atoms with Crippen LogP contribution in [0.2, 0.25) is 4.34 Å². The second-order valence-corrected chi connectivity index (χ2v) is 8.13. The molecule has 2 rings (SSSR count). The highest BCUT2D eigenvalue weighted by Gasteiger charge is 2.12. The van der Waals surface area contributed by atoms with Crippen molar-refractivity contribution in [1.82, 2.24) is 10.0 Å². The second-order valence-electron chi connectivity index (χ2n) is 4.44. The van der Waals surface area contributed by atoms with Crippen LogP contribution in [0.4, 0.5) is 0 Å². The summed E-state index contributed by atoms with van der Waals surface area (Å²) in [7, 11) is -2.14. The fourth-order valence-corrected chi connectivity index (χ4v) is 3.61. The van der Waals surface area contributed by atoms with Gasteiger partial charge in [-0.2, -0.15) is 0 Å². The molecule has 0 atom stereocenters. The van der Waals surface area contributed by atoms with E-state index in [1.165, 1.54) is 42.6 Å². The van der Waals surface area contributed by atoms with E-state index in [2.05, 4.69) is 10.0 Å². The van der Waals surface area contributed by atoms with Gasteiger partial charge in [-0.05, 0) is 49.9 Å². The molecular weight excluding hydrogens is 344 g/mol. The van der Waals surface area contributed by atoms with Crippen LogP contribution >= 0.6 is 22.9 Å². The van der Waals surface area contributed by atoms with E-state index in [9.17, 15) is 13.2 Å². The van der Waals surface area contributed by atoms with Gasteiger partial charge in [0.2, 0.25) is 10.0 Å². The number of nitrogens with one attached hydrogen (secondary N) is 2. The fourth-order valence-electron chi connectivity index (χ4n) is 1.79. The van der Waals surface area contributed by atoms with Crippen LogP contribution in [0.5, 0.6) is 0 Å². The summed E-state index contributed by atoms with van der Waals surface area (Å²) >= 11 is 7.32. The zero-order valence-electron chi connectivity index (χ0n) is 11.8. The summed E-state index contributed by atoms with van der Waals surface area (Å²) in [4.78, 5) is 13.2. The van der Waals surface area contributed by atoms with E-state index in [0.29, 0.717) is 18.5 Å². The van der Waals surface area contributed by atoms with E-state index in [1.54, 1.807) is 0 Å². The van der Waals surface area contributed by atoms with Gasteiger partial charge in [-0.1, -0.05) is 11.6 Å². The zero-order valence-corrected chi connectivity index (χ0v) is 14.2. The molecule has 8 heteroatoms. The van der Waals surface area contributed by atoms with Gasteiger partial charge in [-0.15, -0.1) is 11.3 Å². The van der Waals surface area contributed by atoms with Gasteiger partial charge in [0.15, 0.2) is 0 Å². The lowest BCUT2D eigenvalue weighted by atomic mass is 10.2. The number of carbonyl (C=O) groups is 1. The molecule has 0 aliphatic rings. The number of rotatable bonds is 6. The number of carbonyl (C=O) groups excluding carboxylic acids is 1. The van der Waals surface area contributed by atoms with Crippen LogP contribution in [0.1, 0.15) is 15.2 Å². The molecule has 0 saturated carbocycles. The largest absolute Gasteiger partial charge is 0.352 e. The van der Waals surface area contributed by atoms with Crippen LogP contribution in [-0.4, -0.2) is 27.9 Å². The number of hydrogen-bond donors (Lipinski definition) is 2. The summed E-state index contributed by atoms with van der Waals surface area (Å²) in [6.07, 6.45) is 0.704. The fraction of sp³-hybridized carbons (Fsp3) is 0.214. The van der Waals surface area contributed by atoms with E-state index in [1.807, 2.05) is 12.1 Å². The quantitative estimate of drug-likeness (QED) is 0.831. The highest BCUT2D eigenvalue weighted by atomic mass is 35.5. The molecule has 0 spiro atoms. The third-order valence-electron chi connectivity index (χ3n) is 2.98. The number of benzene rings is 1. The number of thiophene rings is 1. The molecule has 0 aliphatic carbocycles. The van der Waals surface area contributed by atoms with Crippen molar-refractivity contribution in [2.45, 2.75) is 11.3 Å². The monoisotopic (exact) mass is 358 g/mol. The van der Waals surface area contributed by atoms with Crippen molar-refractivity contribution < 1.29 is 13.2 Å². The smallest absolute Gasteiger partial charge is 0.251 e. The van der Waals surface area contributed by atoms with Crippen LogP contribution in [0.15, 0.2) is 41.3 Å². The lowest BCUT2D eigenvalue weighted by molar-refractivity contribution is 0.0954. The third kappa shape index (κ3) is 4.30. The van der Waals surface area contributed by atoms with E-state index >= 15 is 0 Å². The Balaban J connectivity index is 1.92. The molecule has 0 radical (unpaired) electrons. The second kappa shape index (κ2) is 7.23. The lowest BCUT2D eigenvalue weighted by Gasteiger charge is -2.06. The SMILES string of the molecule is CNS(=O)(=O)c1ccc(C(=O)NCCc2ccc(Cl)s2)cc1. The molecule has 0 saturated heterocycles. The standard InChI is InChI=1S/C14H15ClN2O3S2/c1-16-22(19,20)12-5-2-10(3-6-12)14(18)17-9-8-11-4-7-13(15)21-11/h2-7,16H,8-9H2,1H3,(H,17,18). The number of hydrogen-bond acceptors (Lipinski definition) is 4. The predicted octanol–water partition coefficient (Wildman–Crippen LogP) is 2.28. The minimum atomic E-state index is -3.48. The molecule has 0 unspecified atom stereocenters. The molecule has 0 aliphatic heterocycles. The Hall–Kier alpha value is -1.41. The molecule has 2 aromatic rings. The minimum absolute atomic E-state index is 0.125. The van der Waals surface area contributed by atoms with Crippen molar-refractivity contribution in [3.05, 3.63) is 51.2 Å². The molecule has 0 bridgehead atoms. The summed E-state index contributed by atoms with van der Waals surface area (Å²) in [5.41, 5.74) is 0.416. The number of halogens is 1. The molecule has 1 aromatic carbocycles. The average Bonchev–Trinajstić information content (AvgIpc) is 2.93. The van der Waals surface area contributed by atoms with Crippen LogP contribution < -0.4 is 10.0 Å². The van der Waals surface area contributed by atoms with E-state index in [0.717, 1.165) is 9.21 Å². The first kappa shape index (κ1) is 17.0. The molecule has 22 heavy (non-hydrogen) atoms. The molecule has 2 N–H and O–H groups in total. The number of sulfonamides is 1. The molecule has 1 aromatic heterocycles. The highest BCUT2D eigenvalue weighted by Crippen LogP contribution is 2.21. The van der Waals surface area contributed by atoms with Crippen LogP contribution in [0.3, 0.4) is 0 Å². The van der Waals surface area contributed by atoms with Crippen molar-refractivity contribution in [3.8, 4) is 0 Å². The predicted molar refractivity (Wildman–Crippen MR) is 88.1 cm³/mol. The summed E-state index contributed by atoms with van der Waals surface area (Å²) in [5.74, 6) is -0.240. The maximum atomic E-state index is 12.0. The van der Waals surface area contributed by atoms with Crippen molar-refractivity contribution >= 4 is 38.9 Å². The lowest BCUT2D eigenvalue weighted by Crippen LogP contribution is -2.25. The Bertz CT molecular complexity index is 755. The van der Waals surface area contributed by atoms with Gasteiger partial charge in [0.05, 0.1) is 9.23 Å². The van der Waals surface area contributed by atoms with Gasteiger partial charge < -0.3 is 5.32 Å². The van der Waals surface area contributed by atoms with Gasteiger partial charge in [0.25, 0.3) is 5.91 Å². The maximum absolute atomic E-state index is 12.0.